The van der Waals surface area contributed by atoms with Crippen molar-refractivity contribution in [2.75, 3.05) is 0 Å². The summed E-state index contributed by atoms with van der Waals surface area (Å²) < 4.78 is 1.64. The van der Waals surface area contributed by atoms with E-state index in [-0.39, 0.29) is 5.56 Å². The molecular weight excluding hydrogens is 162 g/mol. The number of rotatable bonds is 2. The summed E-state index contributed by atoms with van der Waals surface area (Å²) >= 11 is 5.55. The first-order valence-electron chi connectivity index (χ1n) is 3.54. The first kappa shape index (κ1) is 8.34. The van der Waals surface area contributed by atoms with Crippen LogP contribution in [0.2, 0.25) is 0 Å². The number of hydrogen-bond acceptors (Lipinski definition) is 1. The van der Waals surface area contributed by atoms with Crippen molar-refractivity contribution in [2.24, 2.45) is 0 Å². The molecule has 0 aliphatic carbocycles. The molecule has 11 heavy (non-hydrogen) atoms. The molecule has 0 unspecified atom stereocenters. The van der Waals surface area contributed by atoms with Crippen LogP contribution in [0.25, 0.3) is 0 Å². The molecule has 0 saturated carbocycles. The first-order valence-corrected chi connectivity index (χ1v) is 4.07. The fourth-order valence-corrected chi connectivity index (χ4v) is 1.14. The van der Waals surface area contributed by atoms with E-state index < -0.39 is 0 Å². The van der Waals surface area contributed by atoms with Crippen molar-refractivity contribution in [3.8, 4) is 0 Å². The number of alkyl halides is 1. The zero-order chi connectivity index (χ0) is 8.27. The number of nitrogens with zero attached hydrogens (tertiary/aromatic N) is 1. The van der Waals surface area contributed by atoms with E-state index in [0.29, 0.717) is 18.0 Å². The Labute approximate surface area is 70.4 Å². The van der Waals surface area contributed by atoms with E-state index in [2.05, 4.69) is 0 Å². The molecule has 0 fully saturated rings. The molecule has 0 N–H and O–H groups in total. The molecule has 0 radical (unpaired) electrons. The molecule has 60 valence electrons. The second-order valence-electron chi connectivity index (χ2n) is 2.26. The average molecular weight is 172 g/mol. The number of aryl methyl sites for hydroxylation is 1. The van der Waals surface area contributed by atoms with Crippen LogP contribution in [-0.4, -0.2) is 4.57 Å². The van der Waals surface area contributed by atoms with Gasteiger partial charge in [0.1, 0.15) is 0 Å². The minimum absolute atomic E-state index is 0.0185. The second-order valence-corrected chi connectivity index (χ2v) is 2.53. The molecule has 1 aromatic rings. The molecule has 3 heteroatoms. The SMILES string of the molecule is CCn1cccc(CCl)c1=O. The van der Waals surface area contributed by atoms with Gasteiger partial charge in [-0.1, -0.05) is 6.07 Å². The lowest BCUT2D eigenvalue weighted by Crippen LogP contribution is -2.21. The molecule has 0 saturated heterocycles. The van der Waals surface area contributed by atoms with E-state index in [9.17, 15) is 4.79 Å². The zero-order valence-corrected chi connectivity index (χ0v) is 7.14. The average Bonchev–Trinajstić information content (AvgIpc) is 2.05. The summed E-state index contributed by atoms with van der Waals surface area (Å²) in [7, 11) is 0. The Morgan fingerprint density at radius 3 is 2.91 bits per heavy atom. The number of pyridine rings is 1. The third kappa shape index (κ3) is 1.63. The van der Waals surface area contributed by atoms with E-state index in [1.54, 1.807) is 16.8 Å². The summed E-state index contributed by atoms with van der Waals surface area (Å²) in [5.74, 6) is 0.291. The molecule has 0 aromatic carbocycles. The molecule has 0 atom stereocenters. The molecule has 0 aliphatic rings. The van der Waals surface area contributed by atoms with Gasteiger partial charge in [0.15, 0.2) is 0 Å². The van der Waals surface area contributed by atoms with Crippen LogP contribution in [0.4, 0.5) is 0 Å². The van der Waals surface area contributed by atoms with Gasteiger partial charge < -0.3 is 4.57 Å². The van der Waals surface area contributed by atoms with Gasteiger partial charge in [0.2, 0.25) is 0 Å². The lowest BCUT2D eigenvalue weighted by molar-refractivity contribution is 0.720. The van der Waals surface area contributed by atoms with Crippen molar-refractivity contribution in [2.45, 2.75) is 19.3 Å². The Balaban J connectivity index is 3.21. The molecule has 1 heterocycles. The predicted molar refractivity (Wildman–Crippen MR) is 45.9 cm³/mol. The van der Waals surface area contributed by atoms with Crippen molar-refractivity contribution in [3.63, 3.8) is 0 Å². The standard InChI is InChI=1S/C8H10ClNO/c1-2-10-5-3-4-7(6-9)8(10)11/h3-5H,2,6H2,1H3. The van der Waals surface area contributed by atoms with Gasteiger partial charge in [-0.25, -0.2) is 0 Å². The molecule has 1 rings (SSSR count). The summed E-state index contributed by atoms with van der Waals surface area (Å²) in [6, 6.07) is 3.59. The van der Waals surface area contributed by atoms with Gasteiger partial charge in [-0.15, -0.1) is 11.6 Å². The molecule has 0 amide bonds. The maximum absolute atomic E-state index is 11.3. The normalized spacial score (nSPS) is 10.0. The van der Waals surface area contributed by atoms with E-state index in [0.717, 1.165) is 0 Å². The summed E-state index contributed by atoms with van der Waals surface area (Å²) in [4.78, 5) is 11.3. The van der Waals surface area contributed by atoms with Crippen molar-refractivity contribution < 1.29 is 0 Å². The van der Waals surface area contributed by atoms with Gasteiger partial charge in [-0.2, -0.15) is 0 Å². The summed E-state index contributed by atoms with van der Waals surface area (Å²) in [6.07, 6.45) is 1.76. The van der Waals surface area contributed by atoms with Gasteiger partial charge >= 0.3 is 0 Å². The predicted octanol–water partition coefficient (Wildman–Crippen LogP) is 1.61. The number of aromatic nitrogens is 1. The number of hydrogen-bond donors (Lipinski definition) is 0. The monoisotopic (exact) mass is 171 g/mol. The molecule has 1 aromatic heterocycles. The summed E-state index contributed by atoms with van der Waals surface area (Å²) in [5, 5.41) is 0. The molecule has 0 bridgehead atoms. The van der Waals surface area contributed by atoms with Crippen LogP contribution in [0.3, 0.4) is 0 Å². The minimum Gasteiger partial charge on any atom is -0.316 e. The van der Waals surface area contributed by atoms with E-state index in [1.165, 1.54) is 0 Å². The third-order valence-corrected chi connectivity index (χ3v) is 1.87. The van der Waals surface area contributed by atoms with Crippen LogP contribution in [0.1, 0.15) is 12.5 Å². The van der Waals surface area contributed by atoms with Crippen LogP contribution >= 0.6 is 11.6 Å². The second kappa shape index (κ2) is 3.58. The molecule has 0 spiro atoms. The van der Waals surface area contributed by atoms with Gasteiger partial charge in [0.05, 0.1) is 5.88 Å². The fourth-order valence-electron chi connectivity index (χ4n) is 0.937. The molecular formula is C8H10ClNO. The van der Waals surface area contributed by atoms with Gasteiger partial charge in [-0.3, -0.25) is 4.79 Å². The maximum atomic E-state index is 11.3. The van der Waals surface area contributed by atoms with Gasteiger partial charge in [-0.05, 0) is 13.0 Å². The maximum Gasteiger partial charge on any atom is 0.254 e. The van der Waals surface area contributed by atoms with Crippen LogP contribution < -0.4 is 5.56 Å². The zero-order valence-electron chi connectivity index (χ0n) is 6.38. The Kier molecular flexibility index (Phi) is 2.71. The third-order valence-electron chi connectivity index (χ3n) is 1.58. The Morgan fingerprint density at radius 2 is 2.36 bits per heavy atom. The van der Waals surface area contributed by atoms with E-state index >= 15 is 0 Å². The molecule has 2 nitrogen and oxygen atoms in total. The van der Waals surface area contributed by atoms with Gasteiger partial charge in [0, 0.05) is 18.3 Å². The highest BCUT2D eigenvalue weighted by Gasteiger charge is 1.98. The Hall–Kier alpha value is -0.760. The van der Waals surface area contributed by atoms with Crippen molar-refractivity contribution in [3.05, 3.63) is 34.2 Å². The smallest absolute Gasteiger partial charge is 0.254 e. The highest BCUT2D eigenvalue weighted by Crippen LogP contribution is 1.95. The Morgan fingerprint density at radius 1 is 1.64 bits per heavy atom. The summed E-state index contributed by atoms with van der Waals surface area (Å²) in [5.41, 5.74) is 0.681. The fraction of sp³-hybridized carbons (Fsp3) is 0.375. The van der Waals surface area contributed by atoms with Crippen LogP contribution in [-0.2, 0) is 12.4 Å². The van der Waals surface area contributed by atoms with Crippen LogP contribution in [0.5, 0.6) is 0 Å². The highest BCUT2D eigenvalue weighted by molar-refractivity contribution is 6.17. The lowest BCUT2D eigenvalue weighted by Gasteiger charge is -2.01. The minimum atomic E-state index is 0.0185. The van der Waals surface area contributed by atoms with Crippen molar-refractivity contribution in [1.82, 2.24) is 4.57 Å². The first-order chi connectivity index (χ1) is 5.29. The quantitative estimate of drug-likeness (QED) is 0.620. The van der Waals surface area contributed by atoms with E-state index in [1.807, 2.05) is 13.0 Å². The van der Waals surface area contributed by atoms with E-state index in [4.69, 9.17) is 11.6 Å². The van der Waals surface area contributed by atoms with Crippen LogP contribution in [0.15, 0.2) is 23.1 Å². The molecule has 0 aliphatic heterocycles. The summed E-state index contributed by atoms with van der Waals surface area (Å²) in [6.45, 7) is 2.63. The van der Waals surface area contributed by atoms with Crippen molar-refractivity contribution >= 4 is 11.6 Å². The lowest BCUT2D eigenvalue weighted by atomic mass is 10.3. The largest absolute Gasteiger partial charge is 0.316 e. The number of halogens is 1. The van der Waals surface area contributed by atoms with Gasteiger partial charge in [0.25, 0.3) is 5.56 Å². The van der Waals surface area contributed by atoms with Crippen LogP contribution in [0, 0.1) is 0 Å². The highest BCUT2D eigenvalue weighted by atomic mass is 35.5. The topological polar surface area (TPSA) is 22.0 Å². The Bertz CT molecular complexity index is 267. The van der Waals surface area contributed by atoms with Crippen molar-refractivity contribution in [1.29, 1.82) is 0 Å².